The summed E-state index contributed by atoms with van der Waals surface area (Å²) in [6.07, 6.45) is 9.16. The van der Waals surface area contributed by atoms with Crippen LogP contribution >= 0.6 is 0 Å². The summed E-state index contributed by atoms with van der Waals surface area (Å²) < 4.78 is 0. The molecule has 1 aromatic heterocycles. The Morgan fingerprint density at radius 1 is 0.388 bits per heavy atom. The van der Waals surface area contributed by atoms with Crippen LogP contribution in [-0.4, -0.2) is 15.0 Å². The molecule has 0 N–H and O–H groups in total. The number of allylic oxidation sites excluding steroid dienone is 4. The SMILES string of the molecule is C1=CC2c3c(-c4nc(-c5ccccc5)nc(-c5ccc(-c6ccccc6)cc5)n4)cccc3C(c3ccccc3)(c3ccccc3)C2C=C1. The molecule has 0 aliphatic heterocycles. The van der Waals surface area contributed by atoms with Gasteiger partial charge in [0, 0.05) is 28.5 Å². The Balaban J connectivity index is 1.27. The molecule has 0 saturated carbocycles. The van der Waals surface area contributed by atoms with Crippen molar-refractivity contribution >= 4 is 0 Å². The third-order valence-corrected chi connectivity index (χ3v) is 10.1. The fourth-order valence-corrected chi connectivity index (χ4v) is 7.99. The maximum atomic E-state index is 5.25. The van der Waals surface area contributed by atoms with E-state index in [1.807, 2.05) is 24.3 Å². The quantitative estimate of drug-likeness (QED) is 0.184. The van der Waals surface area contributed by atoms with Crippen molar-refractivity contribution in [3.05, 3.63) is 210 Å². The van der Waals surface area contributed by atoms with Crippen molar-refractivity contribution in [2.45, 2.75) is 11.3 Å². The Labute approximate surface area is 287 Å². The lowest BCUT2D eigenvalue weighted by molar-refractivity contribution is 0.457. The monoisotopic (exact) mass is 627 g/mol. The van der Waals surface area contributed by atoms with Gasteiger partial charge in [-0.25, -0.2) is 15.0 Å². The molecular weight excluding hydrogens is 595 g/mol. The number of nitrogens with zero attached hydrogens (tertiary/aromatic N) is 3. The number of fused-ring (bicyclic) bond motifs is 3. The van der Waals surface area contributed by atoms with Crippen molar-refractivity contribution in [1.29, 1.82) is 0 Å². The molecule has 0 fully saturated rings. The Kier molecular flexibility index (Phi) is 7.17. The van der Waals surface area contributed by atoms with E-state index in [2.05, 4.69) is 164 Å². The summed E-state index contributed by atoms with van der Waals surface area (Å²) in [7, 11) is 0. The molecule has 6 aromatic carbocycles. The largest absolute Gasteiger partial charge is 0.208 e. The summed E-state index contributed by atoms with van der Waals surface area (Å²) in [5, 5.41) is 0. The summed E-state index contributed by atoms with van der Waals surface area (Å²) >= 11 is 0. The molecule has 0 radical (unpaired) electrons. The maximum Gasteiger partial charge on any atom is 0.164 e. The fraction of sp³-hybridized carbons (Fsp3) is 0.0652. The van der Waals surface area contributed by atoms with Crippen LogP contribution in [0.5, 0.6) is 0 Å². The highest BCUT2D eigenvalue weighted by molar-refractivity contribution is 5.76. The van der Waals surface area contributed by atoms with Crippen molar-refractivity contribution in [3.8, 4) is 45.3 Å². The second kappa shape index (κ2) is 12.1. The van der Waals surface area contributed by atoms with Gasteiger partial charge in [-0.15, -0.1) is 0 Å². The van der Waals surface area contributed by atoms with Gasteiger partial charge in [-0.1, -0.05) is 188 Å². The van der Waals surface area contributed by atoms with Crippen molar-refractivity contribution in [3.63, 3.8) is 0 Å². The van der Waals surface area contributed by atoms with E-state index < -0.39 is 0 Å². The molecule has 232 valence electrons. The minimum Gasteiger partial charge on any atom is -0.208 e. The second-order valence-corrected chi connectivity index (χ2v) is 12.7. The number of aromatic nitrogens is 3. The van der Waals surface area contributed by atoms with Crippen LogP contribution in [-0.2, 0) is 5.41 Å². The maximum absolute atomic E-state index is 5.25. The molecule has 2 unspecified atom stereocenters. The van der Waals surface area contributed by atoms with E-state index >= 15 is 0 Å². The number of benzene rings is 6. The van der Waals surface area contributed by atoms with Crippen LogP contribution in [0, 0.1) is 5.92 Å². The molecule has 9 rings (SSSR count). The first-order chi connectivity index (χ1) is 24.3. The van der Waals surface area contributed by atoms with Crippen molar-refractivity contribution in [2.75, 3.05) is 0 Å². The minimum atomic E-state index is -0.384. The summed E-state index contributed by atoms with van der Waals surface area (Å²) in [5.41, 5.74) is 10.0. The minimum absolute atomic E-state index is 0.141. The van der Waals surface area contributed by atoms with Crippen LogP contribution in [0.25, 0.3) is 45.3 Å². The molecule has 2 aliphatic carbocycles. The number of hydrogen-bond acceptors (Lipinski definition) is 3. The van der Waals surface area contributed by atoms with Crippen LogP contribution in [0.1, 0.15) is 28.2 Å². The molecule has 1 heterocycles. The molecule has 0 amide bonds. The van der Waals surface area contributed by atoms with Gasteiger partial charge in [0.2, 0.25) is 0 Å². The van der Waals surface area contributed by atoms with Crippen LogP contribution < -0.4 is 0 Å². The van der Waals surface area contributed by atoms with E-state index in [1.54, 1.807) is 0 Å². The molecule has 2 aliphatic rings. The van der Waals surface area contributed by atoms with Crippen molar-refractivity contribution in [2.24, 2.45) is 5.92 Å². The van der Waals surface area contributed by atoms with Gasteiger partial charge in [0.25, 0.3) is 0 Å². The molecule has 2 atom stereocenters. The van der Waals surface area contributed by atoms with Crippen LogP contribution in [0.3, 0.4) is 0 Å². The first-order valence-corrected chi connectivity index (χ1v) is 16.9. The van der Waals surface area contributed by atoms with Gasteiger partial charge in [-0.3, -0.25) is 0 Å². The Morgan fingerprint density at radius 3 is 1.47 bits per heavy atom. The lowest BCUT2D eigenvalue weighted by atomic mass is 9.63. The first kappa shape index (κ1) is 29.0. The summed E-state index contributed by atoms with van der Waals surface area (Å²) in [5.74, 6) is 2.33. The van der Waals surface area contributed by atoms with E-state index in [0.717, 1.165) is 22.3 Å². The third-order valence-electron chi connectivity index (χ3n) is 10.1. The van der Waals surface area contributed by atoms with Crippen molar-refractivity contribution in [1.82, 2.24) is 15.0 Å². The lowest BCUT2D eigenvalue weighted by Crippen LogP contribution is -2.34. The second-order valence-electron chi connectivity index (χ2n) is 12.7. The predicted molar refractivity (Wildman–Crippen MR) is 199 cm³/mol. The standard InChI is InChI=1S/C46H33N3/c1-5-16-32(17-6-1)33-28-30-35(31-29-33)44-47-43(34-18-7-2-8-19-34)48-45(49-44)39-25-15-27-41-42(39)38-24-13-14-26-40(38)46(41,36-20-9-3-10-21-36)37-22-11-4-12-23-37/h1-31,38,40H. The third kappa shape index (κ3) is 4.86. The lowest BCUT2D eigenvalue weighted by Gasteiger charge is -2.38. The van der Waals surface area contributed by atoms with Gasteiger partial charge >= 0.3 is 0 Å². The predicted octanol–water partition coefficient (Wildman–Crippen LogP) is 10.7. The highest BCUT2D eigenvalue weighted by Crippen LogP contribution is 2.61. The van der Waals surface area contributed by atoms with Crippen molar-refractivity contribution < 1.29 is 0 Å². The smallest absolute Gasteiger partial charge is 0.164 e. The summed E-state index contributed by atoms with van der Waals surface area (Å²) in [6.45, 7) is 0. The Morgan fingerprint density at radius 2 is 0.857 bits per heavy atom. The van der Waals surface area contributed by atoms with Gasteiger partial charge in [-0.2, -0.15) is 0 Å². The molecule has 0 saturated heterocycles. The summed E-state index contributed by atoms with van der Waals surface area (Å²) in [4.78, 5) is 15.5. The van der Waals surface area contributed by atoms with Crippen LogP contribution in [0.2, 0.25) is 0 Å². The number of hydrogen-bond donors (Lipinski definition) is 0. The first-order valence-electron chi connectivity index (χ1n) is 16.9. The fourth-order valence-electron chi connectivity index (χ4n) is 7.99. The van der Waals surface area contributed by atoms with Gasteiger partial charge in [0.1, 0.15) is 0 Å². The van der Waals surface area contributed by atoms with Gasteiger partial charge in [-0.05, 0) is 33.4 Å². The van der Waals surface area contributed by atoms with Gasteiger partial charge in [0.15, 0.2) is 17.5 Å². The Bertz CT molecular complexity index is 2270. The average molecular weight is 628 g/mol. The molecule has 0 spiro atoms. The average Bonchev–Trinajstić information content (AvgIpc) is 3.50. The van der Waals surface area contributed by atoms with E-state index in [0.29, 0.717) is 17.5 Å². The van der Waals surface area contributed by atoms with Crippen LogP contribution in [0.4, 0.5) is 0 Å². The molecule has 3 heteroatoms. The normalized spacial score (nSPS) is 17.0. The zero-order chi connectivity index (χ0) is 32.6. The highest BCUT2D eigenvalue weighted by Gasteiger charge is 2.53. The van der Waals surface area contributed by atoms with E-state index in [1.165, 1.54) is 27.8 Å². The molecular formula is C46H33N3. The van der Waals surface area contributed by atoms with Gasteiger partial charge < -0.3 is 0 Å². The number of rotatable bonds is 6. The zero-order valence-electron chi connectivity index (χ0n) is 26.9. The summed E-state index contributed by atoms with van der Waals surface area (Å²) in [6, 6.07) is 57.9. The van der Waals surface area contributed by atoms with E-state index in [9.17, 15) is 0 Å². The zero-order valence-corrected chi connectivity index (χ0v) is 26.9. The van der Waals surface area contributed by atoms with E-state index in [-0.39, 0.29) is 17.3 Å². The highest BCUT2D eigenvalue weighted by atomic mass is 15.0. The van der Waals surface area contributed by atoms with Gasteiger partial charge in [0.05, 0.1) is 5.41 Å². The molecule has 3 nitrogen and oxygen atoms in total. The Hall–Kier alpha value is -6.19. The molecule has 49 heavy (non-hydrogen) atoms. The van der Waals surface area contributed by atoms with Crippen LogP contribution in [0.15, 0.2) is 188 Å². The molecule has 0 bridgehead atoms. The van der Waals surface area contributed by atoms with E-state index in [4.69, 9.17) is 15.0 Å². The molecule has 7 aromatic rings. The topological polar surface area (TPSA) is 38.7 Å².